The zero-order valence-corrected chi connectivity index (χ0v) is 11.9. The van der Waals surface area contributed by atoms with Gasteiger partial charge in [0.15, 0.2) is 0 Å². The predicted octanol–water partition coefficient (Wildman–Crippen LogP) is 2.11. The minimum atomic E-state index is 0.000696. The molecule has 0 aliphatic heterocycles. The maximum absolute atomic E-state index is 12.2. The number of hydrogen-bond acceptors (Lipinski definition) is 2. The summed E-state index contributed by atoms with van der Waals surface area (Å²) in [6.45, 7) is 9.29. The summed E-state index contributed by atoms with van der Waals surface area (Å²) < 4.78 is 0. The van der Waals surface area contributed by atoms with Crippen LogP contribution in [0.2, 0.25) is 0 Å². The van der Waals surface area contributed by atoms with Gasteiger partial charge in [0, 0.05) is 12.0 Å². The quantitative estimate of drug-likeness (QED) is 0.735. The van der Waals surface area contributed by atoms with Crippen molar-refractivity contribution in [1.29, 1.82) is 0 Å². The van der Waals surface area contributed by atoms with Crippen LogP contribution < -0.4 is 5.32 Å². The van der Waals surface area contributed by atoms with Crippen LogP contribution in [0.25, 0.3) is 0 Å². The van der Waals surface area contributed by atoms with Crippen molar-refractivity contribution in [3.8, 4) is 0 Å². The molecule has 2 fully saturated rings. The molecule has 0 radical (unpaired) electrons. The van der Waals surface area contributed by atoms with Gasteiger partial charge in [-0.15, -0.1) is 0 Å². The smallest absolute Gasteiger partial charge is 0.224 e. The lowest BCUT2D eigenvalue weighted by molar-refractivity contribution is -0.123. The van der Waals surface area contributed by atoms with Crippen LogP contribution >= 0.6 is 0 Å². The molecule has 2 aliphatic rings. The molecule has 0 saturated heterocycles. The van der Waals surface area contributed by atoms with E-state index in [0.717, 1.165) is 12.8 Å². The predicted molar refractivity (Wildman–Crippen MR) is 72.0 cm³/mol. The Morgan fingerprint density at radius 1 is 1.39 bits per heavy atom. The van der Waals surface area contributed by atoms with Gasteiger partial charge < -0.3 is 10.4 Å². The number of carbonyl (C=O) groups is 1. The van der Waals surface area contributed by atoms with Gasteiger partial charge in [-0.05, 0) is 38.0 Å². The maximum atomic E-state index is 12.2. The van der Waals surface area contributed by atoms with E-state index < -0.39 is 0 Å². The summed E-state index contributed by atoms with van der Waals surface area (Å²) in [5.41, 5.74) is 1.36. The molecule has 0 aromatic heterocycles. The summed E-state index contributed by atoms with van der Waals surface area (Å²) in [4.78, 5) is 12.2. The van der Waals surface area contributed by atoms with Crippen molar-refractivity contribution < 1.29 is 9.90 Å². The van der Waals surface area contributed by atoms with Crippen molar-refractivity contribution in [1.82, 2.24) is 5.32 Å². The lowest BCUT2D eigenvalue weighted by atomic mass is 10.1. The van der Waals surface area contributed by atoms with Gasteiger partial charge in [0.1, 0.15) is 0 Å². The first-order valence-electron chi connectivity index (χ1n) is 6.86. The summed E-state index contributed by atoms with van der Waals surface area (Å²) in [5, 5.41) is 12.3. The van der Waals surface area contributed by atoms with Crippen LogP contribution in [0.1, 0.15) is 40.5 Å². The third-order valence-electron chi connectivity index (χ3n) is 4.64. The van der Waals surface area contributed by atoms with Gasteiger partial charge in [0.05, 0.1) is 12.5 Å². The fourth-order valence-corrected chi connectivity index (χ4v) is 2.80. The van der Waals surface area contributed by atoms with Gasteiger partial charge >= 0.3 is 0 Å². The van der Waals surface area contributed by atoms with Crippen molar-refractivity contribution in [2.24, 2.45) is 22.7 Å². The number of aliphatic hydroxyl groups excluding tert-OH is 1. The van der Waals surface area contributed by atoms with Gasteiger partial charge in [-0.3, -0.25) is 4.79 Å². The number of rotatable bonds is 5. The Balaban J connectivity index is 1.89. The minimum Gasteiger partial charge on any atom is -0.396 e. The van der Waals surface area contributed by atoms with Crippen molar-refractivity contribution in [2.45, 2.75) is 40.5 Å². The standard InChI is InChI=1S/C15H25NO2/c1-10(2)7-11-12(14(11,3)4)13(18)16-8-15(9-17)5-6-15/h7,11-12,17H,5-6,8-9H2,1-4H3,(H,16,18). The largest absolute Gasteiger partial charge is 0.396 e. The second-order valence-electron chi connectivity index (χ2n) is 6.94. The van der Waals surface area contributed by atoms with Crippen LogP contribution in [-0.2, 0) is 4.79 Å². The van der Waals surface area contributed by atoms with Crippen LogP contribution in [0, 0.1) is 22.7 Å². The van der Waals surface area contributed by atoms with Gasteiger partial charge in [-0.1, -0.05) is 25.5 Å². The van der Waals surface area contributed by atoms with Crippen molar-refractivity contribution in [2.75, 3.05) is 13.2 Å². The summed E-state index contributed by atoms with van der Waals surface area (Å²) in [5.74, 6) is 0.621. The van der Waals surface area contributed by atoms with Crippen molar-refractivity contribution in [3.05, 3.63) is 11.6 Å². The molecule has 0 aromatic rings. The average molecular weight is 251 g/mol. The fraction of sp³-hybridized carbons (Fsp3) is 0.800. The van der Waals surface area contributed by atoms with Crippen molar-refractivity contribution in [3.63, 3.8) is 0 Å². The number of allylic oxidation sites excluding steroid dienone is 2. The number of nitrogens with one attached hydrogen (secondary N) is 1. The zero-order valence-electron chi connectivity index (χ0n) is 11.9. The van der Waals surface area contributed by atoms with E-state index in [-0.39, 0.29) is 29.3 Å². The van der Waals surface area contributed by atoms with E-state index in [9.17, 15) is 9.90 Å². The minimum absolute atomic E-state index is 0.000696. The highest BCUT2D eigenvalue weighted by molar-refractivity contribution is 5.83. The summed E-state index contributed by atoms with van der Waals surface area (Å²) in [6.07, 6.45) is 4.29. The molecule has 3 heteroatoms. The maximum Gasteiger partial charge on any atom is 0.224 e. The highest BCUT2D eigenvalue weighted by Crippen LogP contribution is 2.59. The van der Waals surface area contributed by atoms with E-state index in [2.05, 4.69) is 39.1 Å². The second-order valence-corrected chi connectivity index (χ2v) is 6.94. The number of hydrogen-bond donors (Lipinski definition) is 2. The van der Waals surface area contributed by atoms with Gasteiger partial charge in [-0.2, -0.15) is 0 Å². The van der Waals surface area contributed by atoms with Crippen LogP contribution in [0.3, 0.4) is 0 Å². The Kier molecular flexibility index (Phi) is 3.30. The third kappa shape index (κ3) is 2.46. The first-order valence-corrected chi connectivity index (χ1v) is 6.86. The Labute approximate surface area is 110 Å². The molecule has 2 unspecified atom stereocenters. The summed E-state index contributed by atoms with van der Waals surface area (Å²) in [6, 6.07) is 0. The third-order valence-corrected chi connectivity index (χ3v) is 4.64. The lowest BCUT2D eigenvalue weighted by Gasteiger charge is -2.13. The zero-order chi connectivity index (χ0) is 13.6. The fourth-order valence-electron chi connectivity index (χ4n) is 2.80. The van der Waals surface area contributed by atoms with Gasteiger partial charge in [0.2, 0.25) is 5.91 Å². The molecule has 2 rings (SSSR count). The molecule has 102 valence electrons. The monoisotopic (exact) mass is 251 g/mol. The second kappa shape index (κ2) is 4.37. The van der Waals surface area contributed by atoms with Crippen molar-refractivity contribution >= 4 is 5.91 Å². The molecule has 0 bridgehead atoms. The van der Waals surface area contributed by atoms with E-state index in [1.165, 1.54) is 5.57 Å². The molecular weight excluding hydrogens is 226 g/mol. The molecule has 3 nitrogen and oxygen atoms in total. The molecule has 0 spiro atoms. The van der Waals surface area contributed by atoms with Crippen LogP contribution in [-0.4, -0.2) is 24.2 Å². The lowest BCUT2D eigenvalue weighted by Crippen LogP contribution is -2.33. The Hall–Kier alpha value is -0.830. The molecule has 1 amide bonds. The summed E-state index contributed by atoms with van der Waals surface area (Å²) in [7, 11) is 0. The van der Waals surface area contributed by atoms with Crippen LogP contribution in [0.4, 0.5) is 0 Å². The van der Waals surface area contributed by atoms with E-state index in [0.29, 0.717) is 12.5 Å². The van der Waals surface area contributed by atoms with E-state index in [1.54, 1.807) is 0 Å². The molecular formula is C15H25NO2. The van der Waals surface area contributed by atoms with E-state index >= 15 is 0 Å². The van der Waals surface area contributed by atoms with Crippen LogP contribution in [0.15, 0.2) is 11.6 Å². The van der Waals surface area contributed by atoms with Crippen LogP contribution in [0.5, 0.6) is 0 Å². The molecule has 0 aromatic carbocycles. The molecule has 2 N–H and O–H groups in total. The number of aliphatic hydroxyl groups is 1. The number of carbonyl (C=O) groups excluding carboxylic acids is 1. The SMILES string of the molecule is CC(C)=CC1C(C(=O)NCC2(CO)CC2)C1(C)C. The molecule has 2 saturated carbocycles. The summed E-state index contributed by atoms with van der Waals surface area (Å²) >= 11 is 0. The topological polar surface area (TPSA) is 49.3 Å². The van der Waals surface area contributed by atoms with Gasteiger partial charge in [0.25, 0.3) is 0 Å². The highest BCUT2D eigenvalue weighted by Gasteiger charge is 2.60. The van der Waals surface area contributed by atoms with Gasteiger partial charge in [-0.25, -0.2) is 0 Å². The Bertz CT molecular complexity index is 376. The normalized spacial score (nSPS) is 30.5. The molecule has 0 heterocycles. The molecule has 2 atom stereocenters. The number of amides is 1. The average Bonchev–Trinajstić information content (AvgIpc) is 3.14. The Morgan fingerprint density at radius 2 is 2.00 bits per heavy atom. The highest BCUT2D eigenvalue weighted by atomic mass is 16.3. The molecule has 2 aliphatic carbocycles. The first-order chi connectivity index (χ1) is 8.32. The van der Waals surface area contributed by atoms with E-state index in [4.69, 9.17) is 0 Å². The molecule has 18 heavy (non-hydrogen) atoms. The Morgan fingerprint density at radius 3 is 2.44 bits per heavy atom. The van der Waals surface area contributed by atoms with E-state index in [1.807, 2.05) is 0 Å². The first kappa shape index (κ1) is 13.6.